The van der Waals surface area contributed by atoms with Crippen molar-refractivity contribution in [2.75, 3.05) is 18.8 Å². The first-order valence-corrected chi connectivity index (χ1v) is 7.66. The van der Waals surface area contributed by atoms with E-state index in [-0.39, 0.29) is 0 Å². The molecular weight excluding hydrogens is 246 g/mol. The summed E-state index contributed by atoms with van der Waals surface area (Å²) < 4.78 is 0. The number of hydrogen-bond donors (Lipinski definition) is 1. The molecule has 2 fully saturated rings. The molecule has 3 heteroatoms. The van der Waals surface area contributed by atoms with Crippen molar-refractivity contribution in [3.05, 3.63) is 36.0 Å². The molecule has 20 heavy (non-hydrogen) atoms. The van der Waals surface area contributed by atoms with Gasteiger partial charge < -0.3 is 5.73 Å². The van der Waals surface area contributed by atoms with E-state index in [0.29, 0.717) is 0 Å². The maximum Gasteiger partial charge on any atom is 0.0767 e. The van der Waals surface area contributed by atoms with Crippen LogP contribution in [-0.4, -0.2) is 23.0 Å². The van der Waals surface area contributed by atoms with Gasteiger partial charge >= 0.3 is 0 Å². The van der Waals surface area contributed by atoms with Crippen molar-refractivity contribution >= 4 is 16.6 Å². The fourth-order valence-corrected chi connectivity index (χ4v) is 4.08. The summed E-state index contributed by atoms with van der Waals surface area (Å²) in [4.78, 5) is 7.15. The van der Waals surface area contributed by atoms with Gasteiger partial charge in [0.25, 0.3) is 0 Å². The van der Waals surface area contributed by atoms with Gasteiger partial charge in [0.2, 0.25) is 0 Å². The summed E-state index contributed by atoms with van der Waals surface area (Å²) in [5, 5.41) is 1.09. The Balaban J connectivity index is 1.62. The number of hydrogen-bond acceptors (Lipinski definition) is 3. The van der Waals surface area contributed by atoms with E-state index in [1.54, 1.807) is 0 Å². The van der Waals surface area contributed by atoms with Gasteiger partial charge in [-0.2, -0.15) is 0 Å². The van der Waals surface area contributed by atoms with Crippen molar-refractivity contribution in [3.8, 4) is 0 Å². The first-order valence-electron chi connectivity index (χ1n) is 7.66. The van der Waals surface area contributed by atoms with Crippen LogP contribution in [0.3, 0.4) is 0 Å². The first kappa shape index (κ1) is 12.2. The Hall–Kier alpha value is -1.61. The van der Waals surface area contributed by atoms with Gasteiger partial charge in [0, 0.05) is 36.9 Å². The third-order valence-corrected chi connectivity index (χ3v) is 5.08. The zero-order valence-corrected chi connectivity index (χ0v) is 11.8. The predicted octanol–water partition coefficient (Wildman–Crippen LogP) is 3.05. The molecule has 2 N–H and O–H groups in total. The average molecular weight is 267 g/mol. The summed E-state index contributed by atoms with van der Waals surface area (Å²) in [5.41, 5.74) is 9.27. The molecule has 0 spiro atoms. The lowest BCUT2D eigenvalue weighted by Gasteiger charge is -2.18. The number of pyridine rings is 1. The van der Waals surface area contributed by atoms with E-state index < -0.39 is 0 Å². The lowest BCUT2D eigenvalue weighted by Crippen LogP contribution is -2.21. The van der Waals surface area contributed by atoms with Crippen LogP contribution in [0.2, 0.25) is 0 Å². The summed E-state index contributed by atoms with van der Waals surface area (Å²) in [6, 6.07) is 8.21. The fourth-order valence-electron chi connectivity index (χ4n) is 4.08. The van der Waals surface area contributed by atoms with Crippen LogP contribution in [0.15, 0.2) is 30.5 Å². The average Bonchev–Trinajstić information content (AvgIpc) is 3.03. The molecule has 2 atom stereocenters. The molecule has 1 aromatic heterocycles. The third-order valence-electron chi connectivity index (χ3n) is 5.08. The number of nitrogens with two attached hydrogens (primary N) is 1. The van der Waals surface area contributed by atoms with Gasteiger partial charge in [-0.3, -0.25) is 9.88 Å². The van der Waals surface area contributed by atoms with Gasteiger partial charge in [-0.05, 0) is 48.4 Å². The topological polar surface area (TPSA) is 42.1 Å². The molecule has 1 aliphatic carbocycles. The van der Waals surface area contributed by atoms with E-state index in [9.17, 15) is 0 Å². The number of aromatic nitrogens is 1. The van der Waals surface area contributed by atoms with Crippen molar-refractivity contribution in [1.29, 1.82) is 0 Å². The second kappa shape index (κ2) is 4.74. The van der Waals surface area contributed by atoms with Crippen LogP contribution < -0.4 is 5.73 Å². The molecule has 0 amide bonds. The summed E-state index contributed by atoms with van der Waals surface area (Å²) in [5.74, 6) is 1.89. The number of benzene rings is 1. The van der Waals surface area contributed by atoms with Gasteiger partial charge in [0.1, 0.15) is 0 Å². The van der Waals surface area contributed by atoms with E-state index in [1.165, 1.54) is 37.9 Å². The number of likely N-dealkylation sites (tertiary alicyclic amines) is 1. The van der Waals surface area contributed by atoms with Gasteiger partial charge in [-0.25, -0.2) is 0 Å². The van der Waals surface area contributed by atoms with E-state index in [2.05, 4.69) is 22.0 Å². The number of nitrogens with zero attached hydrogens (tertiary/aromatic N) is 2. The van der Waals surface area contributed by atoms with Crippen molar-refractivity contribution in [2.45, 2.75) is 25.8 Å². The molecule has 1 aromatic carbocycles. The zero-order chi connectivity index (χ0) is 13.5. The second-order valence-electron chi connectivity index (χ2n) is 6.36. The number of nitrogen functional groups attached to an aromatic ring is 1. The molecular formula is C17H21N3. The largest absolute Gasteiger partial charge is 0.398 e. The summed E-state index contributed by atoms with van der Waals surface area (Å²) >= 11 is 0. The van der Waals surface area contributed by atoms with E-state index in [0.717, 1.165) is 35.0 Å². The maximum atomic E-state index is 6.05. The standard InChI is InChI=1S/C17H21N3/c18-16-7-6-14(17-15(16)5-2-8-19-17)11-20-9-12-3-1-4-13(12)10-20/h2,5-8,12-13H,1,3-4,9-11,18H2. The van der Waals surface area contributed by atoms with Crippen LogP contribution in [0.25, 0.3) is 10.9 Å². The number of rotatable bonds is 2. The SMILES string of the molecule is Nc1ccc(CN2CC3CCCC3C2)c2ncccc12. The van der Waals surface area contributed by atoms with Crippen LogP contribution in [0.1, 0.15) is 24.8 Å². The smallest absolute Gasteiger partial charge is 0.0767 e. The second-order valence-corrected chi connectivity index (χ2v) is 6.36. The van der Waals surface area contributed by atoms with Gasteiger partial charge in [0.15, 0.2) is 0 Å². The first-order chi connectivity index (χ1) is 9.81. The third kappa shape index (κ3) is 1.97. The molecule has 0 bridgehead atoms. The van der Waals surface area contributed by atoms with Crippen LogP contribution in [0, 0.1) is 11.8 Å². The van der Waals surface area contributed by atoms with Crippen molar-refractivity contribution < 1.29 is 0 Å². The Morgan fingerprint density at radius 2 is 1.95 bits per heavy atom. The minimum Gasteiger partial charge on any atom is -0.398 e. The lowest BCUT2D eigenvalue weighted by molar-refractivity contribution is 0.304. The zero-order valence-electron chi connectivity index (χ0n) is 11.8. The Kier molecular flexibility index (Phi) is 2.88. The summed E-state index contributed by atoms with van der Waals surface area (Å²) in [6.07, 6.45) is 6.17. The highest BCUT2D eigenvalue weighted by molar-refractivity contribution is 5.92. The lowest BCUT2D eigenvalue weighted by atomic mass is 10.0. The molecule has 3 nitrogen and oxygen atoms in total. The Morgan fingerprint density at radius 3 is 2.75 bits per heavy atom. The quantitative estimate of drug-likeness (QED) is 0.850. The van der Waals surface area contributed by atoms with Gasteiger partial charge in [-0.15, -0.1) is 0 Å². The number of fused-ring (bicyclic) bond motifs is 2. The van der Waals surface area contributed by atoms with Gasteiger partial charge in [-0.1, -0.05) is 12.5 Å². The molecule has 104 valence electrons. The predicted molar refractivity (Wildman–Crippen MR) is 82.3 cm³/mol. The molecule has 1 aliphatic heterocycles. The highest BCUT2D eigenvalue weighted by Crippen LogP contribution is 2.38. The number of anilines is 1. The van der Waals surface area contributed by atoms with E-state index in [1.807, 2.05) is 18.3 Å². The highest BCUT2D eigenvalue weighted by Gasteiger charge is 2.35. The normalized spacial score (nSPS) is 26.2. The Labute approximate surface area is 119 Å². The van der Waals surface area contributed by atoms with E-state index in [4.69, 9.17) is 5.73 Å². The summed E-state index contributed by atoms with van der Waals surface area (Å²) in [7, 11) is 0. The molecule has 4 rings (SSSR count). The molecule has 2 unspecified atom stereocenters. The Morgan fingerprint density at radius 1 is 1.15 bits per heavy atom. The molecule has 1 saturated carbocycles. The maximum absolute atomic E-state index is 6.05. The minimum atomic E-state index is 0.829. The molecule has 2 aliphatic rings. The van der Waals surface area contributed by atoms with Crippen LogP contribution >= 0.6 is 0 Å². The molecule has 0 radical (unpaired) electrons. The van der Waals surface area contributed by atoms with Crippen LogP contribution in [0.4, 0.5) is 5.69 Å². The minimum absolute atomic E-state index is 0.829. The molecule has 2 aromatic rings. The van der Waals surface area contributed by atoms with Crippen molar-refractivity contribution in [3.63, 3.8) is 0 Å². The van der Waals surface area contributed by atoms with Gasteiger partial charge in [0.05, 0.1) is 5.52 Å². The molecule has 2 heterocycles. The van der Waals surface area contributed by atoms with Crippen LogP contribution in [-0.2, 0) is 6.54 Å². The van der Waals surface area contributed by atoms with Crippen molar-refractivity contribution in [1.82, 2.24) is 9.88 Å². The van der Waals surface area contributed by atoms with Crippen LogP contribution in [0.5, 0.6) is 0 Å². The van der Waals surface area contributed by atoms with E-state index >= 15 is 0 Å². The monoisotopic (exact) mass is 267 g/mol. The fraction of sp³-hybridized carbons (Fsp3) is 0.471. The summed E-state index contributed by atoms with van der Waals surface area (Å²) in [6.45, 7) is 3.55. The Bertz CT molecular complexity index is 625. The highest BCUT2D eigenvalue weighted by atomic mass is 15.2. The van der Waals surface area contributed by atoms with Crippen molar-refractivity contribution in [2.24, 2.45) is 11.8 Å². The molecule has 1 saturated heterocycles.